The first-order valence-corrected chi connectivity index (χ1v) is 5.43. The summed E-state index contributed by atoms with van der Waals surface area (Å²) in [7, 11) is 0. The summed E-state index contributed by atoms with van der Waals surface area (Å²) in [5.74, 6) is -0.460. The minimum absolute atomic E-state index is 0.0387. The normalized spacial score (nSPS) is 13.1. The average molecular weight is 232 g/mol. The lowest BCUT2D eigenvalue weighted by atomic mass is 10.1. The lowest BCUT2D eigenvalue weighted by molar-refractivity contribution is -0.140. The molecule has 0 saturated heterocycles. The highest BCUT2D eigenvalue weighted by atomic mass is 16.5. The molecule has 0 aliphatic rings. The summed E-state index contributed by atoms with van der Waals surface area (Å²) in [6.45, 7) is 1.82. The van der Waals surface area contributed by atoms with Gasteiger partial charge in [-0.2, -0.15) is 0 Å². The third-order valence-electron chi connectivity index (χ3n) is 2.10. The van der Waals surface area contributed by atoms with Crippen molar-refractivity contribution in [2.24, 2.45) is 0 Å². The van der Waals surface area contributed by atoms with Gasteiger partial charge < -0.3 is 9.84 Å². The number of hydrogen-bond donors (Lipinski definition) is 1. The van der Waals surface area contributed by atoms with Crippen LogP contribution in [0.4, 0.5) is 0 Å². The first-order valence-electron chi connectivity index (χ1n) is 5.43. The number of carbonyl (C=O) groups excluding carboxylic acids is 1. The third kappa shape index (κ3) is 5.13. The highest BCUT2D eigenvalue weighted by Crippen LogP contribution is 2.11. The van der Waals surface area contributed by atoms with E-state index in [0.717, 1.165) is 5.56 Å². The van der Waals surface area contributed by atoms with Gasteiger partial charge in [0.15, 0.2) is 0 Å². The Kier molecular flexibility index (Phi) is 5.75. The molecule has 17 heavy (non-hydrogen) atoms. The number of hydrogen-bond acceptors (Lipinski definition) is 3. The van der Waals surface area contributed by atoms with Gasteiger partial charge >= 0.3 is 5.97 Å². The molecule has 0 fully saturated rings. The fourth-order valence-electron chi connectivity index (χ4n) is 1.23. The summed E-state index contributed by atoms with van der Waals surface area (Å²) in [6.07, 6.45) is 5.67. The van der Waals surface area contributed by atoms with E-state index in [1.165, 1.54) is 6.08 Å². The third-order valence-corrected chi connectivity index (χ3v) is 2.10. The number of aliphatic hydroxyl groups is 1. The molecule has 1 N–H and O–H groups in total. The van der Waals surface area contributed by atoms with Gasteiger partial charge in [-0.3, -0.25) is 0 Å². The molecule has 0 aliphatic carbocycles. The van der Waals surface area contributed by atoms with E-state index in [9.17, 15) is 9.90 Å². The monoisotopic (exact) mass is 232 g/mol. The van der Waals surface area contributed by atoms with Crippen LogP contribution >= 0.6 is 0 Å². The van der Waals surface area contributed by atoms with E-state index >= 15 is 0 Å². The Morgan fingerprint density at radius 2 is 2.06 bits per heavy atom. The number of allylic oxidation sites excluding steroid dienone is 3. The minimum atomic E-state index is -0.782. The van der Waals surface area contributed by atoms with Crippen LogP contribution in [0.2, 0.25) is 0 Å². The number of carbonyl (C=O) groups is 1. The van der Waals surface area contributed by atoms with Gasteiger partial charge in [-0.05, 0) is 12.5 Å². The van der Waals surface area contributed by atoms with Crippen molar-refractivity contribution in [1.82, 2.24) is 0 Å². The van der Waals surface area contributed by atoms with E-state index in [-0.39, 0.29) is 6.61 Å². The molecule has 0 heterocycles. The van der Waals surface area contributed by atoms with Gasteiger partial charge in [0, 0.05) is 6.08 Å². The van der Waals surface area contributed by atoms with Crippen molar-refractivity contribution >= 4 is 5.97 Å². The van der Waals surface area contributed by atoms with Crippen molar-refractivity contribution in [3.05, 3.63) is 60.2 Å². The van der Waals surface area contributed by atoms with Crippen LogP contribution in [0.15, 0.2) is 54.6 Å². The molecular formula is C14H16O3. The fourth-order valence-corrected chi connectivity index (χ4v) is 1.23. The van der Waals surface area contributed by atoms with Gasteiger partial charge in [0.05, 0.1) is 0 Å². The molecule has 0 aromatic heterocycles. The Balaban J connectivity index is 2.38. The van der Waals surface area contributed by atoms with Gasteiger partial charge in [-0.1, -0.05) is 48.6 Å². The summed E-state index contributed by atoms with van der Waals surface area (Å²) in [4.78, 5) is 11.2. The zero-order valence-electron chi connectivity index (χ0n) is 9.74. The van der Waals surface area contributed by atoms with Crippen molar-refractivity contribution in [1.29, 1.82) is 0 Å². The second-order valence-corrected chi connectivity index (χ2v) is 3.44. The average Bonchev–Trinajstić information content (AvgIpc) is 2.37. The van der Waals surface area contributed by atoms with Gasteiger partial charge in [-0.15, -0.1) is 0 Å². The predicted octanol–water partition coefficient (Wildman–Crippen LogP) is 2.40. The Hall–Kier alpha value is -1.87. The topological polar surface area (TPSA) is 46.5 Å². The summed E-state index contributed by atoms with van der Waals surface area (Å²) < 4.78 is 4.90. The number of benzene rings is 1. The predicted molar refractivity (Wildman–Crippen MR) is 66.3 cm³/mol. The molecule has 0 aliphatic heterocycles. The van der Waals surface area contributed by atoms with Crippen LogP contribution in [-0.2, 0) is 9.53 Å². The van der Waals surface area contributed by atoms with Crippen molar-refractivity contribution < 1.29 is 14.6 Å². The van der Waals surface area contributed by atoms with Crippen LogP contribution in [-0.4, -0.2) is 17.7 Å². The first kappa shape index (κ1) is 13.2. The van der Waals surface area contributed by atoms with Gasteiger partial charge in [-0.25, -0.2) is 4.79 Å². The Bertz CT molecular complexity index is 393. The highest BCUT2D eigenvalue weighted by molar-refractivity contribution is 5.82. The van der Waals surface area contributed by atoms with E-state index < -0.39 is 12.1 Å². The quantitative estimate of drug-likeness (QED) is 0.481. The molecule has 3 heteroatoms. The van der Waals surface area contributed by atoms with Crippen LogP contribution in [0.5, 0.6) is 0 Å². The summed E-state index contributed by atoms with van der Waals surface area (Å²) in [5.41, 5.74) is 0.734. The van der Waals surface area contributed by atoms with Crippen LogP contribution in [0.1, 0.15) is 18.6 Å². The van der Waals surface area contributed by atoms with E-state index in [2.05, 4.69) is 0 Å². The smallest absolute Gasteiger partial charge is 0.330 e. The minimum Gasteiger partial charge on any atom is -0.459 e. The maximum atomic E-state index is 11.2. The van der Waals surface area contributed by atoms with Gasteiger partial charge in [0.1, 0.15) is 12.7 Å². The molecule has 1 rings (SSSR count). The van der Waals surface area contributed by atoms with Crippen LogP contribution in [0.3, 0.4) is 0 Å². The lowest BCUT2D eigenvalue weighted by Gasteiger charge is -2.10. The Morgan fingerprint density at radius 1 is 1.35 bits per heavy atom. The van der Waals surface area contributed by atoms with Crippen LogP contribution in [0, 0.1) is 0 Å². The van der Waals surface area contributed by atoms with Crippen LogP contribution < -0.4 is 0 Å². The second-order valence-electron chi connectivity index (χ2n) is 3.44. The second kappa shape index (κ2) is 7.41. The van der Waals surface area contributed by atoms with Crippen molar-refractivity contribution in [3.63, 3.8) is 0 Å². The molecule has 1 unspecified atom stereocenters. The standard InChI is InChI=1S/C14H16O3/c1-2-3-5-10-14(16)17-11-13(15)12-8-6-4-7-9-12/h2-10,13,15H,11H2,1H3/b3-2+,10-5+. The molecular weight excluding hydrogens is 216 g/mol. The van der Waals surface area contributed by atoms with Gasteiger partial charge in [0.25, 0.3) is 0 Å². The number of esters is 1. The molecule has 0 spiro atoms. The summed E-state index contributed by atoms with van der Waals surface area (Å²) in [5, 5.41) is 9.73. The van der Waals surface area contributed by atoms with E-state index in [4.69, 9.17) is 4.74 Å². The molecule has 1 atom stereocenters. The fraction of sp³-hybridized carbons (Fsp3) is 0.214. The molecule has 3 nitrogen and oxygen atoms in total. The highest BCUT2D eigenvalue weighted by Gasteiger charge is 2.08. The SMILES string of the molecule is C/C=C/C=C/C(=O)OCC(O)c1ccccc1. The van der Waals surface area contributed by atoms with Crippen molar-refractivity contribution in [3.8, 4) is 0 Å². The first-order chi connectivity index (χ1) is 8.24. The van der Waals surface area contributed by atoms with Crippen LogP contribution in [0.25, 0.3) is 0 Å². The maximum absolute atomic E-state index is 11.2. The zero-order valence-corrected chi connectivity index (χ0v) is 9.74. The molecule has 1 aromatic carbocycles. The maximum Gasteiger partial charge on any atom is 0.330 e. The molecule has 0 bridgehead atoms. The molecule has 0 saturated carbocycles. The molecule has 0 radical (unpaired) electrons. The molecule has 90 valence electrons. The zero-order chi connectivity index (χ0) is 12.5. The molecule has 0 amide bonds. The van der Waals surface area contributed by atoms with Crippen molar-refractivity contribution in [2.45, 2.75) is 13.0 Å². The Morgan fingerprint density at radius 3 is 2.71 bits per heavy atom. The summed E-state index contributed by atoms with van der Waals surface area (Å²) in [6, 6.07) is 9.09. The number of ether oxygens (including phenoxy) is 1. The molecule has 1 aromatic rings. The van der Waals surface area contributed by atoms with E-state index in [0.29, 0.717) is 0 Å². The van der Waals surface area contributed by atoms with E-state index in [1.807, 2.05) is 31.2 Å². The number of aliphatic hydroxyl groups excluding tert-OH is 1. The van der Waals surface area contributed by atoms with Crippen molar-refractivity contribution in [2.75, 3.05) is 6.61 Å². The number of rotatable bonds is 5. The van der Waals surface area contributed by atoms with Gasteiger partial charge in [0.2, 0.25) is 0 Å². The summed E-state index contributed by atoms with van der Waals surface area (Å²) >= 11 is 0. The lowest BCUT2D eigenvalue weighted by Crippen LogP contribution is -2.10. The van der Waals surface area contributed by atoms with E-state index in [1.54, 1.807) is 24.3 Å². The Labute approximate surface area is 101 Å². The largest absolute Gasteiger partial charge is 0.459 e.